The van der Waals surface area contributed by atoms with Crippen LogP contribution in [0, 0.1) is 12.7 Å². The van der Waals surface area contributed by atoms with E-state index in [2.05, 4.69) is 5.32 Å². The highest BCUT2D eigenvalue weighted by molar-refractivity contribution is 6.42. The van der Waals surface area contributed by atoms with Crippen molar-refractivity contribution < 1.29 is 31.9 Å². The van der Waals surface area contributed by atoms with Gasteiger partial charge in [0, 0.05) is 30.1 Å². The van der Waals surface area contributed by atoms with Crippen LogP contribution >= 0.6 is 23.2 Å². The van der Waals surface area contributed by atoms with Crippen molar-refractivity contribution >= 4 is 35.0 Å². The summed E-state index contributed by atoms with van der Waals surface area (Å²) in [4.78, 5) is 27.9. The highest BCUT2D eigenvalue weighted by Crippen LogP contribution is 2.40. The van der Waals surface area contributed by atoms with Crippen molar-refractivity contribution in [3.05, 3.63) is 98.3 Å². The van der Waals surface area contributed by atoms with Gasteiger partial charge in [0.2, 0.25) is 0 Å². The molecule has 2 amide bonds. The van der Waals surface area contributed by atoms with Crippen LogP contribution in [-0.4, -0.2) is 43.0 Å². The fraction of sp³-hybridized carbons (Fsp3) is 0.259. The standard InChI is InChI=1S/C27H22Cl2F4N2O3/c1-14-18(8-10-23(38-2)24(14)27(31,32)33)25(36)34-22-13-35(26(37)15-3-6-17(30)7-4-15)12-19(22)16-5-9-20(28)21(29)11-16/h3-11,19,22H,12-13H2,1-2H3,(H,34,36)/t19-,22+/m0/s1. The lowest BCUT2D eigenvalue weighted by molar-refractivity contribution is -0.139. The first-order chi connectivity index (χ1) is 17.9. The Labute approximate surface area is 226 Å². The number of ether oxygens (including phenoxy) is 1. The summed E-state index contributed by atoms with van der Waals surface area (Å²) in [5.74, 6) is -2.45. The van der Waals surface area contributed by atoms with Crippen molar-refractivity contribution in [3.8, 4) is 5.75 Å². The van der Waals surface area contributed by atoms with Gasteiger partial charge in [-0.15, -0.1) is 0 Å². The number of hydrogen-bond acceptors (Lipinski definition) is 3. The van der Waals surface area contributed by atoms with Crippen LogP contribution in [0.2, 0.25) is 10.0 Å². The predicted octanol–water partition coefficient (Wildman–Crippen LogP) is 6.51. The van der Waals surface area contributed by atoms with E-state index in [1.807, 2.05) is 0 Å². The number of benzene rings is 3. The molecule has 3 aromatic carbocycles. The van der Waals surface area contributed by atoms with Crippen LogP contribution in [0.4, 0.5) is 17.6 Å². The number of methoxy groups -OCH3 is 1. The molecule has 3 aromatic rings. The first-order valence-corrected chi connectivity index (χ1v) is 12.2. The molecule has 1 aliphatic heterocycles. The second-order valence-electron chi connectivity index (χ2n) is 8.89. The first-order valence-electron chi connectivity index (χ1n) is 11.5. The summed E-state index contributed by atoms with van der Waals surface area (Å²) in [6.07, 6.45) is -4.74. The number of likely N-dealkylation sites (tertiary alicyclic amines) is 1. The third-order valence-electron chi connectivity index (χ3n) is 6.56. The number of hydrogen-bond donors (Lipinski definition) is 1. The highest BCUT2D eigenvalue weighted by Gasteiger charge is 2.40. The summed E-state index contributed by atoms with van der Waals surface area (Å²) in [5.41, 5.74) is -0.547. The lowest BCUT2D eigenvalue weighted by Gasteiger charge is -2.22. The molecule has 5 nitrogen and oxygen atoms in total. The molecule has 0 saturated carbocycles. The average Bonchev–Trinajstić information content (AvgIpc) is 3.28. The molecule has 0 bridgehead atoms. The quantitative estimate of drug-likeness (QED) is 0.357. The number of halogens is 6. The molecule has 1 aliphatic rings. The molecule has 0 radical (unpaired) electrons. The van der Waals surface area contributed by atoms with Gasteiger partial charge in [0.1, 0.15) is 17.1 Å². The molecule has 1 saturated heterocycles. The average molecular weight is 569 g/mol. The number of nitrogens with one attached hydrogen (secondary N) is 1. The number of alkyl halides is 3. The summed E-state index contributed by atoms with van der Waals surface area (Å²) < 4.78 is 59.4. The monoisotopic (exact) mass is 568 g/mol. The van der Waals surface area contributed by atoms with E-state index in [4.69, 9.17) is 27.9 Å². The van der Waals surface area contributed by atoms with Gasteiger partial charge >= 0.3 is 6.18 Å². The lowest BCUT2D eigenvalue weighted by atomic mass is 9.93. The van der Waals surface area contributed by atoms with E-state index in [-0.39, 0.29) is 40.7 Å². The summed E-state index contributed by atoms with van der Waals surface area (Å²) >= 11 is 12.3. The number of rotatable bonds is 5. The second-order valence-corrected chi connectivity index (χ2v) is 9.70. The molecule has 1 fully saturated rings. The molecule has 38 heavy (non-hydrogen) atoms. The third kappa shape index (κ3) is 5.59. The SMILES string of the molecule is COc1ccc(C(=O)N[C@@H]2CN(C(=O)c3ccc(F)cc3)C[C@H]2c2ccc(Cl)c(Cl)c2)c(C)c1C(F)(F)F. The number of nitrogens with zero attached hydrogens (tertiary/aromatic N) is 1. The van der Waals surface area contributed by atoms with Gasteiger partial charge in [-0.2, -0.15) is 13.2 Å². The summed E-state index contributed by atoms with van der Waals surface area (Å²) in [5, 5.41) is 3.40. The fourth-order valence-corrected chi connectivity index (χ4v) is 4.98. The van der Waals surface area contributed by atoms with E-state index < -0.39 is 41.2 Å². The summed E-state index contributed by atoms with van der Waals surface area (Å²) in [6, 6.07) is 11.7. The van der Waals surface area contributed by atoms with Crippen LogP contribution in [0.1, 0.15) is 43.3 Å². The minimum atomic E-state index is -4.74. The van der Waals surface area contributed by atoms with E-state index in [0.717, 1.165) is 13.2 Å². The summed E-state index contributed by atoms with van der Waals surface area (Å²) in [6.45, 7) is 1.44. The van der Waals surface area contributed by atoms with E-state index in [0.29, 0.717) is 10.6 Å². The number of amides is 2. The van der Waals surface area contributed by atoms with E-state index >= 15 is 0 Å². The Bertz CT molecular complexity index is 1380. The molecular formula is C27H22Cl2F4N2O3. The third-order valence-corrected chi connectivity index (χ3v) is 7.30. The van der Waals surface area contributed by atoms with Gasteiger partial charge in [0.15, 0.2) is 0 Å². The second kappa shape index (κ2) is 10.8. The molecule has 0 spiro atoms. The van der Waals surface area contributed by atoms with Gasteiger partial charge < -0.3 is 15.0 Å². The van der Waals surface area contributed by atoms with Crippen LogP contribution in [-0.2, 0) is 6.18 Å². The Kier molecular flexibility index (Phi) is 7.90. The number of carbonyl (C=O) groups excluding carboxylic acids is 2. The van der Waals surface area contributed by atoms with Crippen molar-refractivity contribution in [2.24, 2.45) is 0 Å². The first kappa shape index (κ1) is 27.7. The highest BCUT2D eigenvalue weighted by atomic mass is 35.5. The van der Waals surface area contributed by atoms with Crippen LogP contribution in [0.15, 0.2) is 54.6 Å². The molecule has 0 unspecified atom stereocenters. The zero-order chi connectivity index (χ0) is 27.8. The molecule has 0 aliphatic carbocycles. The van der Waals surface area contributed by atoms with Gasteiger partial charge in [0.25, 0.3) is 11.8 Å². The van der Waals surface area contributed by atoms with Gasteiger partial charge in [-0.25, -0.2) is 4.39 Å². The van der Waals surface area contributed by atoms with Crippen LogP contribution in [0.3, 0.4) is 0 Å². The van der Waals surface area contributed by atoms with Crippen molar-refractivity contribution in [1.29, 1.82) is 0 Å². The minimum Gasteiger partial charge on any atom is -0.496 e. The molecule has 2 atom stereocenters. The molecule has 1 heterocycles. The lowest BCUT2D eigenvalue weighted by Crippen LogP contribution is -2.41. The Morgan fingerprint density at radius 3 is 2.29 bits per heavy atom. The van der Waals surface area contributed by atoms with Crippen molar-refractivity contribution in [3.63, 3.8) is 0 Å². The van der Waals surface area contributed by atoms with E-state index in [1.54, 1.807) is 18.2 Å². The minimum absolute atomic E-state index is 0.0637. The van der Waals surface area contributed by atoms with Crippen molar-refractivity contribution in [2.45, 2.75) is 25.1 Å². The topological polar surface area (TPSA) is 58.6 Å². The molecule has 0 aromatic heterocycles. The molecule has 11 heteroatoms. The van der Waals surface area contributed by atoms with Gasteiger partial charge in [-0.05, 0) is 66.6 Å². The van der Waals surface area contributed by atoms with Gasteiger partial charge in [0.05, 0.1) is 23.2 Å². The maximum absolute atomic E-state index is 13.7. The smallest absolute Gasteiger partial charge is 0.420 e. The molecule has 1 N–H and O–H groups in total. The van der Waals surface area contributed by atoms with Gasteiger partial charge in [-0.1, -0.05) is 29.3 Å². The Balaban J connectivity index is 1.67. The predicted molar refractivity (Wildman–Crippen MR) is 135 cm³/mol. The van der Waals surface area contributed by atoms with Gasteiger partial charge in [-0.3, -0.25) is 9.59 Å². The maximum atomic E-state index is 13.7. The fourth-order valence-electron chi connectivity index (χ4n) is 4.67. The van der Waals surface area contributed by atoms with Crippen molar-refractivity contribution in [1.82, 2.24) is 10.2 Å². The maximum Gasteiger partial charge on any atom is 0.420 e. The molecule has 200 valence electrons. The Morgan fingerprint density at radius 2 is 1.68 bits per heavy atom. The Morgan fingerprint density at radius 1 is 1.00 bits per heavy atom. The largest absolute Gasteiger partial charge is 0.496 e. The zero-order valence-corrected chi connectivity index (χ0v) is 21.7. The zero-order valence-electron chi connectivity index (χ0n) is 20.2. The molecule has 4 rings (SSSR count). The van der Waals surface area contributed by atoms with Crippen LogP contribution in [0.5, 0.6) is 5.75 Å². The van der Waals surface area contributed by atoms with E-state index in [9.17, 15) is 27.2 Å². The normalized spacial score (nSPS) is 17.4. The van der Waals surface area contributed by atoms with Crippen LogP contribution in [0.25, 0.3) is 0 Å². The Hall–Kier alpha value is -3.30. The van der Waals surface area contributed by atoms with Crippen LogP contribution < -0.4 is 10.1 Å². The van der Waals surface area contributed by atoms with E-state index in [1.165, 1.54) is 42.2 Å². The number of carbonyl (C=O) groups is 2. The summed E-state index contributed by atoms with van der Waals surface area (Å²) in [7, 11) is 1.12. The molecular weight excluding hydrogens is 547 g/mol. The van der Waals surface area contributed by atoms with Crippen molar-refractivity contribution in [2.75, 3.05) is 20.2 Å².